The van der Waals surface area contributed by atoms with Crippen molar-refractivity contribution in [1.82, 2.24) is 4.90 Å². The van der Waals surface area contributed by atoms with Crippen LogP contribution in [0, 0.1) is 6.92 Å². The fraction of sp³-hybridized carbons (Fsp3) is 0.551. The van der Waals surface area contributed by atoms with Gasteiger partial charge in [-0.2, -0.15) is 0 Å². The molecular weight excluding hydrogens is 1640 g/mol. The summed E-state index contributed by atoms with van der Waals surface area (Å²) in [5, 5.41) is 9.10. The number of Topliss-reactive ketones (excluding diaryl/α,β-unsaturated/α-hetero) is 2. The number of morpholine rings is 1. The first-order valence-corrected chi connectivity index (χ1v) is 47.4. The van der Waals surface area contributed by atoms with E-state index in [1.807, 2.05) is 35.2 Å². The average molecular weight is 1760 g/mol. The maximum absolute atomic E-state index is 12.8. The molecular formula is C89H119Br2NO21Zn. The van der Waals surface area contributed by atoms with Crippen molar-refractivity contribution in [2.45, 2.75) is 223 Å². The van der Waals surface area contributed by atoms with Crippen molar-refractivity contribution in [1.29, 1.82) is 0 Å². The molecule has 0 atom stereocenters. The second-order valence-electron chi connectivity index (χ2n) is 29.3. The number of benzene rings is 5. The first-order chi connectivity index (χ1) is 54.9. The quantitative estimate of drug-likeness (QED) is 0.0309. The fourth-order valence-corrected chi connectivity index (χ4v) is 16.8. The van der Waals surface area contributed by atoms with Gasteiger partial charge in [-0.25, -0.2) is 24.0 Å². The summed E-state index contributed by atoms with van der Waals surface area (Å²) >= 11 is 7.74. The first-order valence-electron chi connectivity index (χ1n) is 39.7. The molecule has 622 valence electrons. The summed E-state index contributed by atoms with van der Waals surface area (Å²) in [6.45, 7) is 8.31. The van der Waals surface area contributed by atoms with Gasteiger partial charge in [0.1, 0.15) is 34.5 Å². The number of carboxylic acid groups (broad SMARTS) is 1. The van der Waals surface area contributed by atoms with Gasteiger partial charge in [-0.1, -0.05) is 96.3 Å². The van der Waals surface area contributed by atoms with E-state index >= 15 is 0 Å². The predicted octanol–water partition coefficient (Wildman–Crippen LogP) is 18.8. The number of ether oxygens (including phenoxy) is 11. The molecule has 22 nitrogen and oxygen atoms in total. The van der Waals surface area contributed by atoms with Crippen molar-refractivity contribution in [3.63, 3.8) is 0 Å². The van der Waals surface area contributed by atoms with Crippen LogP contribution >= 0.6 is 29.6 Å². The number of carboxylic acids is 1. The monoisotopic (exact) mass is 1760 g/mol. The number of hydrogen-bond acceptors (Lipinski definition) is 20. The predicted molar refractivity (Wildman–Crippen MR) is 440 cm³/mol. The third-order valence-corrected chi connectivity index (χ3v) is 22.1. The number of halogens is 2. The van der Waals surface area contributed by atoms with Gasteiger partial charge in [0, 0.05) is 36.2 Å². The number of methoxy groups -OCH3 is 10. The minimum atomic E-state index is -0.949. The van der Waals surface area contributed by atoms with Gasteiger partial charge in [0.2, 0.25) is 5.91 Å². The molecule has 1 saturated heterocycles. The normalized spacial score (nSPS) is 15.8. The van der Waals surface area contributed by atoms with Crippen LogP contribution in [0.5, 0.6) is 28.7 Å². The number of ketones is 2. The van der Waals surface area contributed by atoms with Crippen molar-refractivity contribution in [3.8, 4) is 28.7 Å². The fourth-order valence-electron chi connectivity index (χ4n) is 16.2. The number of carbonyl (C=O) groups is 9. The Labute approximate surface area is 699 Å². The van der Waals surface area contributed by atoms with Crippen LogP contribution in [-0.2, 0) is 83.2 Å². The van der Waals surface area contributed by atoms with Gasteiger partial charge in [0.15, 0.2) is 0 Å². The number of rotatable bonds is 21. The van der Waals surface area contributed by atoms with Crippen molar-refractivity contribution in [3.05, 3.63) is 150 Å². The Hall–Kier alpha value is -7.86. The molecule has 0 aromatic heterocycles. The Morgan fingerprint density at radius 3 is 0.974 bits per heavy atom. The zero-order chi connectivity index (χ0) is 83.8. The molecule has 1 aliphatic heterocycles. The molecule has 0 spiro atoms. The van der Waals surface area contributed by atoms with Crippen LogP contribution in [0.15, 0.2) is 71.2 Å². The molecule has 5 aromatic rings. The van der Waals surface area contributed by atoms with Gasteiger partial charge in [0.05, 0.1) is 129 Å². The van der Waals surface area contributed by atoms with E-state index in [1.165, 1.54) is 155 Å². The van der Waals surface area contributed by atoms with E-state index in [2.05, 4.69) is 36.5 Å². The number of carbonyl (C=O) groups excluding carboxylic acids is 8. The van der Waals surface area contributed by atoms with Crippen LogP contribution in [0.2, 0.25) is 0 Å². The molecule has 5 aliphatic carbocycles. The molecule has 6 aliphatic rings. The van der Waals surface area contributed by atoms with Crippen molar-refractivity contribution < 1.29 is 117 Å². The molecule has 1 N–H and O–H groups in total. The van der Waals surface area contributed by atoms with Gasteiger partial charge in [-0.3, -0.25) is 14.4 Å². The standard InChI is InChI=1S/C21H29NO5.C18H24O4.C17H22O5.C15H19BrO3.C15H20O3.C3H5O.BrH.Zn/c1-25-20-16(14-19(23)22-8-10-27-11-9-22)12-17(21(24)26-2)13-18(20)15-6-4-3-5-7-15;1-12(19)9-14-10-15(18(20)22-3)11-16(17(14)21-2)13-7-5-4-6-8-13;1-21-16-12(10-15(18)19)8-13(17(20)22-2)9-14(16)11-6-4-3-5-7-11;1-18-14-12(10-6-4-3-5-7-10)8-11(9-13(14)16)15(17)19-2;1-17-14-9-8-12(15(16)18-2)10-13(14)11-6-4-3-5-7-11;1-3(2)4;;/h12-13,15H,3-11,14H2,1-2H3;10-11,13H,4-9H2,1-3H3;8-9,11H,3-7,10H2,1-2H3,(H,18,19);8-10H,3-7H2,1-2H3;8-11H,3-7H2,1-2H3;1H2,2H3;1H;/q;;;;;-1;;+2/p-1. The summed E-state index contributed by atoms with van der Waals surface area (Å²) in [6.07, 6.45) is 29.8. The summed E-state index contributed by atoms with van der Waals surface area (Å²) in [5.74, 6) is 3.14. The summed E-state index contributed by atoms with van der Waals surface area (Å²) in [7, 11) is 15.1. The zero-order valence-electron chi connectivity index (χ0n) is 69.1. The molecule has 25 heteroatoms. The first kappa shape index (κ1) is 96.7. The summed E-state index contributed by atoms with van der Waals surface area (Å²) in [5.41, 5.74) is 9.91. The summed E-state index contributed by atoms with van der Waals surface area (Å²) < 4.78 is 58.0. The zero-order valence-corrected chi connectivity index (χ0v) is 75.2. The molecule has 0 radical (unpaired) electrons. The van der Waals surface area contributed by atoms with Gasteiger partial charge >= 0.3 is 65.8 Å². The van der Waals surface area contributed by atoms with Gasteiger partial charge < -0.3 is 73.8 Å². The Morgan fingerprint density at radius 2 is 0.675 bits per heavy atom. The second kappa shape index (κ2) is 52.0. The van der Waals surface area contributed by atoms with Gasteiger partial charge in [-0.15, -0.1) is 0 Å². The van der Waals surface area contributed by atoms with Gasteiger partial charge in [0.25, 0.3) is 0 Å². The Balaban J connectivity index is 0.000000251. The number of amides is 1. The second-order valence-corrected chi connectivity index (χ2v) is 30.1. The molecule has 5 aromatic carbocycles. The number of hydrogen-bond donors (Lipinski definition) is 1. The SMILES string of the molecule is COC(=O)c1cc(Br)c(OC)c(C2CCCCC2)c1.COC(=O)c1cc(CC(=O)N2CCOCC2)c(OC)c(C2CCCCC2)c1.COC(=O)c1cc(CC(=O)O)c(OC)c(C2CCCCC2)c1.COC(=O)c1cc(CC(C)=O)c(OC)c(C2CCCCC2)c1.COC(=O)c1ccc(OC)c(C2CCCCC2)c1.[CH2-]C(C)=O.[Zn+][Br]. The van der Waals surface area contributed by atoms with E-state index in [1.54, 1.807) is 78.9 Å². The van der Waals surface area contributed by atoms with Gasteiger partial charge in [-0.05, 0) is 224 Å². The van der Waals surface area contributed by atoms with Crippen LogP contribution in [-0.4, -0.2) is 161 Å². The van der Waals surface area contributed by atoms with Crippen LogP contribution < -0.4 is 23.7 Å². The molecule has 5 saturated carbocycles. The molecule has 0 bridgehead atoms. The third kappa shape index (κ3) is 29.7. The average Bonchev–Trinajstić information content (AvgIpc) is 0.733. The van der Waals surface area contributed by atoms with E-state index in [-0.39, 0.29) is 60.6 Å². The van der Waals surface area contributed by atoms with Crippen LogP contribution in [0.25, 0.3) is 0 Å². The van der Waals surface area contributed by atoms with Crippen molar-refractivity contribution >= 4 is 82.8 Å². The van der Waals surface area contributed by atoms with Crippen molar-refractivity contribution in [2.24, 2.45) is 0 Å². The Kier molecular flexibility index (Phi) is 44.1. The van der Waals surface area contributed by atoms with E-state index in [9.17, 15) is 43.2 Å². The number of esters is 5. The van der Waals surface area contributed by atoms with E-state index in [0.717, 1.165) is 131 Å². The van der Waals surface area contributed by atoms with E-state index < -0.39 is 11.9 Å². The molecule has 1 heterocycles. The van der Waals surface area contributed by atoms with Crippen LogP contribution in [0.3, 0.4) is 0 Å². The molecule has 114 heavy (non-hydrogen) atoms. The molecule has 0 unspecified atom stereocenters. The molecule has 1 amide bonds. The van der Waals surface area contributed by atoms with E-state index in [4.69, 9.17) is 57.2 Å². The maximum atomic E-state index is 12.8. The van der Waals surface area contributed by atoms with Crippen LogP contribution in [0.1, 0.15) is 300 Å². The van der Waals surface area contributed by atoms with E-state index in [0.29, 0.717) is 95.0 Å². The summed E-state index contributed by atoms with van der Waals surface area (Å²) in [4.78, 5) is 106. The Morgan fingerprint density at radius 1 is 0.395 bits per heavy atom. The topological polar surface area (TPSA) is 279 Å². The van der Waals surface area contributed by atoms with Crippen LogP contribution in [0.4, 0.5) is 0 Å². The minimum absolute atomic E-state index is 0.0354. The number of nitrogens with zero attached hydrogens (tertiary/aromatic N) is 1. The molecule has 6 fully saturated rings. The van der Waals surface area contributed by atoms with Crippen molar-refractivity contribution in [2.75, 3.05) is 97.4 Å². The number of aliphatic carboxylic acids is 1. The third-order valence-electron chi connectivity index (χ3n) is 21.5. The summed E-state index contributed by atoms with van der Waals surface area (Å²) in [6, 6.07) is 19.8. The molecule has 11 rings (SSSR count). The Bertz CT molecular complexity index is 3830.